The number of amides is 2. The summed E-state index contributed by atoms with van der Waals surface area (Å²) in [6.45, 7) is 6.74. The molecule has 2 amide bonds. The molecular weight excluding hydrogens is 206 g/mol. The van der Waals surface area contributed by atoms with Crippen LogP contribution < -0.4 is 11.1 Å². The number of nitrogens with two attached hydrogens (primary N) is 1. The smallest absolute Gasteiger partial charge is 0.245 e. The molecule has 0 aliphatic carbocycles. The highest BCUT2D eigenvalue weighted by Gasteiger charge is 2.34. The van der Waals surface area contributed by atoms with E-state index in [1.807, 2.05) is 13.8 Å². The lowest BCUT2D eigenvalue weighted by molar-refractivity contribution is -0.134. The van der Waals surface area contributed by atoms with Gasteiger partial charge in [0.2, 0.25) is 11.8 Å². The van der Waals surface area contributed by atoms with E-state index in [2.05, 4.69) is 5.32 Å². The topological polar surface area (TPSA) is 75.4 Å². The van der Waals surface area contributed by atoms with E-state index in [-0.39, 0.29) is 29.8 Å². The van der Waals surface area contributed by atoms with Crippen LogP contribution in [0.25, 0.3) is 0 Å². The van der Waals surface area contributed by atoms with E-state index >= 15 is 0 Å². The van der Waals surface area contributed by atoms with Crippen molar-refractivity contribution in [2.24, 2.45) is 11.7 Å². The molecule has 0 aromatic heterocycles. The van der Waals surface area contributed by atoms with Gasteiger partial charge in [0, 0.05) is 25.0 Å². The van der Waals surface area contributed by atoms with Crippen molar-refractivity contribution in [1.82, 2.24) is 10.2 Å². The molecule has 16 heavy (non-hydrogen) atoms. The Morgan fingerprint density at radius 3 is 2.62 bits per heavy atom. The molecule has 1 fully saturated rings. The Morgan fingerprint density at radius 1 is 1.56 bits per heavy atom. The number of likely N-dealkylation sites (tertiary alicyclic amines) is 1. The minimum Gasteiger partial charge on any atom is -0.344 e. The fourth-order valence-corrected chi connectivity index (χ4v) is 1.77. The number of carbonyl (C=O) groups excluding carboxylic acids is 2. The third-order valence-corrected chi connectivity index (χ3v) is 2.98. The lowest BCUT2D eigenvalue weighted by atomic mass is 10.1. The van der Waals surface area contributed by atoms with Crippen LogP contribution in [0.15, 0.2) is 0 Å². The van der Waals surface area contributed by atoms with Crippen LogP contribution in [-0.4, -0.2) is 41.9 Å². The van der Waals surface area contributed by atoms with Crippen molar-refractivity contribution in [3.63, 3.8) is 0 Å². The summed E-state index contributed by atoms with van der Waals surface area (Å²) in [7, 11) is 0. The standard InChI is InChI=1S/C11H21N3O2/c1-7(2)14-5-4-9(11(14)16)13-10(15)8(3)6-12/h7-9H,4-6,12H2,1-3H3,(H,13,15). The van der Waals surface area contributed by atoms with Crippen LogP contribution in [0.3, 0.4) is 0 Å². The van der Waals surface area contributed by atoms with Gasteiger partial charge in [0.05, 0.1) is 0 Å². The Hall–Kier alpha value is -1.10. The molecule has 1 aliphatic rings. The Kier molecular flexibility index (Phi) is 4.29. The maximum atomic E-state index is 11.9. The Morgan fingerprint density at radius 2 is 2.19 bits per heavy atom. The van der Waals surface area contributed by atoms with Crippen molar-refractivity contribution in [3.05, 3.63) is 0 Å². The molecule has 1 saturated heterocycles. The molecule has 0 spiro atoms. The Balaban J connectivity index is 2.52. The van der Waals surface area contributed by atoms with Gasteiger partial charge in [0.15, 0.2) is 0 Å². The molecule has 3 N–H and O–H groups in total. The van der Waals surface area contributed by atoms with Crippen LogP contribution in [0.2, 0.25) is 0 Å². The maximum Gasteiger partial charge on any atom is 0.245 e. The summed E-state index contributed by atoms with van der Waals surface area (Å²) in [5.74, 6) is -0.347. The van der Waals surface area contributed by atoms with Crippen LogP contribution in [0.1, 0.15) is 27.2 Å². The molecule has 1 aliphatic heterocycles. The lowest BCUT2D eigenvalue weighted by Crippen LogP contribution is -2.45. The molecule has 1 rings (SSSR count). The molecule has 0 aromatic rings. The summed E-state index contributed by atoms with van der Waals surface area (Å²) in [6, 6.07) is -0.162. The van der Waals surface area contributed by atoms with Gasteiger partial charge >= 0.3 is 0 Å². The molecule has 5 heteroatoms. The predicted molar refractivity (Wildman–Crippen MR) is 61.6 cm³/mol. The number of nitrogens with zero attached hydrogens (tertiary/aromatic N) is 1. The molecule has 5 nitrogen and oxygen atoms in total. The van der Waals surface area contributed by atoms with Crippen molar-refractivity contribution in [3.8, 4) is 0 Å². The summed E-state index contributed by atoms with van der Waals surface area (Å²) < 4.78 is 0. The zero-order valence-corrected chi connectivity index (χ0v) is 10.2. The van der Waals surface area contributed by atoms with E-state index in [9.17, 15) is 9.59 Å². The van der Waals surface area contributed by atoms with Crippen molar-refractivity contribution >= 4 is 11.8 Å². The first kappa shape index (κ1) is 13.0. The minimum atomic E-state index is -0.358. The van der Waals surface area contributed by atoms with Gasteiger partial charge in [-0.3, -0.25) is 9.59 Å². The summed E-state index contributed by atoms with van der Waals surface area (Å²) >= 11 is 0. The van der Waals surface area contributed by atoms with Crippen LogP contribution in [0.4, 0.5) is 0 Å². The van der Waals surface area contributed by atoms with Gasteiger partial charge in [-0.2, -0.15) is 0 Å². The van der Waals surface area contributed by atoms with E-state index in [0.29, 0.717) is 13.0 Å². The number of rotatable bonds is 4. The third kappa shape index (κ3) is 2.72. The lowest BCUT2D eigenvalue weighted by Gasteiger charge is -2.21. The first-order valence-electron chi connectivity index (χ1n) is 5.78. The molecule has 1 heterocycles. The summed E-state index contributed by atoms with van der Waals surface area (Å²) in [5.41, 5.74) is 5.40. The molecule has 0 radical (unpaired) electrons. The van der Waals surface area contributed by atoms with Crippen LogP contribution in [-0.2, 0) is 9.59 Å². The quantitative estimate of drug-likeness (QED) is 0.693. The average molecular weight is 227 g/mol. The summed E-state index contributed by atoms with van der Waals surface area (Å²) in [4.78, 5) is 25.3. The Labute approximate surface area is 96.4 Å². The Bertz CT molecular complexity index is 278. The number of nitrogens with one attached hydrogen (secondary N) is 1. The molecule has 0 bridgehead atoms. The largest absolute Gasteiger partial charge is 0.344 e. The van der Waals surface area contributed by atoms with Crippen molar-refractivity contribution in [1.29, 1.82) is 0 Å². The molecular formula is C11H21N3O2. The minimum absolute atomic E-state index is 0.0209. The fourth-order valence-electron chi connectivity index (χ4n) is 1.77. The molecule has 0 saturated carbocycles. The second-order valence-electron chi connectivity index (χ2n) is 4.61. The van der Waals surface area contributed by atoms with Gasteiger partial charge in [-0.15, -0.1) is 0 Å². The average Bonchev–Trinajstić information content (AvgIpc) is 2.59. The maximum absolute atomic E-state index is 11.9. The second kappa shape index (κ2) is 5.30. The normalized spacial score (nSPS) is 22.7. The summed E-state index contributed by atoms with van der Waals surface area (Å²) in [5, 5.41) is 2.75. The van der Waals surface area contributed by atoms with Gasteiger partial charge in [0.1, 0.15) is 6.04 Å². The highest BCUT2D eigenvalue weighted by Crippen LogP contribution is 2.14. The molecule has 2 atom stereocenters. The van der Waals surface area contributed by atoms with Crippen LogP contribution in [0, 0.1) is 5.92 Å². The third-order valence-electron chi connectivity index (χ3n) is 2.98. The van der Waals surface area contributed by atoms with Gasteiger partial charge in [-0.05, 0) is 20.3 Å². The first-order valence-corrected chi connectivity index (χ1v) is 5.78. The monoisotopic (exact) mass is 227 g/mol. The van der Waals surface area contributed by atoms with E-state index < -0.39 is 0 Å². The molecule has 2 unspecified atom stereocenters. The van der Waals surface area contributed by atoms with Gasteiger partial charge in [-0.1, -0.05) is 6.92 Å². The fraction of sp³-hybridized carbons (Fsp3) is 0.818. The van der Waals surface area contributed by atoms with E-state index in [0.717, 1.165) is 6.54 Å². The van der Waals surface area contributed by atoms with E-state index in [1.54, 1.807) is 11.8 Å². The molecule has 92 valence electrons. The van der Waals surface area contributed by atoms with Crippen LogP contribution >= 0.6 is 0 Å². The summed E-state index contributed by atoms with van der Waals surface area (Å²) in [6.07, 6.45) is 0.694. The zero-order chi connectivity index (χ0) is 12.3. The van der Waals surface area contributed by atoms with Crippen molar-refractivity contribution < 1.29 is 9.59 Å². The number of hydrogen-bond acceptors (Lipinski definition) is 3. The van der Waals surface area contributed by atoms with E-state index in [1.165, 1.54) is 0 Å². The second-order valence-corrected chi connectivity index (χ2v) is 4.61. The van der Waals surface area contributed by atoms with Gasteiger partial charge in [0.25, 0.3) is 0 Å². The first-order chi connectivity index (χ1) is 7.47. The van der Waals surface area contributed by atoms with Crippen LogP contribution in [0.5, 0.6) is 0 Å². The SMILES string of the molecule is CC(CN)C(=O)NC1CCN(C(C)C)C1=O. The van der Waals surface area contributed by atoms with E-state index in [4.69, 9.17) is 5.73 Å². The highest BCUT2D eigenvalue weighted by molar-refractivity contribution is 5.90. The predicted octanol–water partition coefficient (Wildman–Crippen LogP) is -0.293. The number of hydrogen-bond donors (Lipinski definition) is 2. The number of carbonyl (C=O) groups is 2. The van der Waals surface area contributed by atoms with Gasteiger partial charge in [-0.25, -0.2) is 0 Å². The highest BCUT2D eigenvalue weighted by atomic mass is 16.2. The van der Waals surface area contributed by atoms with Crippen molar-refractivity contribution in [2.75, 3.05) is 13.1 Å². The van der Waals surface area contributed by atoms with Crippen molar-refractivity contribution in [2.45, 2.75) is 39.3 Å². The van der Waals surface area contributed by atoms with Gasteiger partial charge < -0.3 is 16.0 Å². The molecule has 0 aromatic carbocycles. The zero-order valence-electron chi connectivity index (χ0n) is 10.2.